The molecule has 1 aromatic carbocycles. The van der Waals surface area contributed by atoms with E-state index in [0.29, 0.717) is 5.92 Å². The van der Waals surface area contributed by atoms with E-state index in [1.165, 1.54) is 16.7 Å². The van der Waals surface area contributed by atoms with E-state index in [-0.39, 0.29) is 0 Å². The van der Waals surface area contributed by atoms with E-state index in [4.69, 9.17) is 0 Å². The summed E-state index contributed by atoms with van der Waals surface area (Å²) < 4.78 is 0. The van der Waals surface area contributed by atoms with E-state index in [1.807, 2.05) is 0 Å². The van der Waals surface area contributed by atoms with Crippen LogP contribution in [0.3, 0.4) is 0 Å². The summed E-state index contributed by atoms with van der Waals surface area (Å²) in [5.74, 6) is 0.602. The Kier molecular flexibility index (Phi) is 2.54. The summed E-state index contributed by atoms with van der Waals surface area (Å²) in [7, 11) is 0. The average molecular weight is 237 g/mol. The molecule has 0 heterocycles. The molecule has 1 heteroatoms. The van der Waals surface area contributed by atoms with Crippen molar-refractivity contribution < 1.29 is 0 Å². The van der Waals surface area contributed by atoms with Crippen molar-refractivity contribution in [2.75, 3.05) is 5.33 Å². The van der Waals surface area contributed by atoms with Crippen LogP contribution in [0.4, 0.5) is 0 Å². The molecule has 0 bridgehead atoms. The molecule has 0 spiro atoms. The Morgan fingerprint density at radius 3 is 3.00 bits per heavy atom. The van der Waals surface area contributed by atoms with Gasteiger partial charge in [0.1, 0.15) is 0 Å². The Hall–Kier alpha value is -0.560. The first-order valence-corrected chi connectivity index (χ1v) is 5.81. The van der Waals surface area contributed by atoms with Gasteiger partial charge in [-0.05, 0) is 29.0 Å². The number of rotatable bonds is 2. The lowest BCUT2D eigenvalue weighted by molar-refractivity contribution is 0.982. The van der Waals surface area contributed by atoms with Crippen molar-refractivity contribution in [3.05, 3.63) is 41.0 Å². The van der Waals surface area contributed by atoms with Gasteiger partial charge in [0.25, 0.3) is 0 Å². The minimum Gasteiger partial charge on any atom is -0.0924 e. The van der Waals surface area contributed by atoms with E-state index in [1.54, 1.807) is 0 Å². The van der Waals surface area contributed by atoms with Crippen molar-refractivity contribution >= 4 is 22.0 Å². The van der Waals surface area contributed by atoms with Crippen LogP contribution in [-0.4, -0.2) is 5.33 Å². The fourth-order valence-corrected chi connectivity index (χ4v) is 2.32. The van der Waals surface area contributed by atoms with E-state index in [2.05, 4.69) is 53.2 Å². The predicted octanol–water partition coefficient (Wildman–Crippen LogP) is 3.75. The number of fused-ring (bicyclic) bond motifs is 1. The van der Waals surface area contributed by atoms with Gasteiger partial charge in [0.15, 0.2) is 0 Å². The number of halogens is 1. The summed E-state index contributed by atoms with van der Waals surface area (Å²) in [5, 5.41) is 1.05. The molecule has 0 radical (unpaired) electrons. The van der Waals surface area contributed by atoms with E-state index >= 15 is 0 Å². The molecular weight excluding hydrogens is 224 g/mol. The monoisotopic (exact) mass is 236 g/mol. The predicted molar refractivity (Wildman–Crippen MR) is 61.4 cm³/mol. The van der Waals surface area contributed by atoms with Crippen LogP contribution in [0.15, 0.2) is 24.3 Å². The maximum absolute atomic E-state index is 3.49. The van der Waals surface area contributed by atoms with E-state index < -0.39 is 0 Å². The van der Waals surface area contributed by atoms with Crippen LogP contribution in [0.5, 0.6) is 0 Å². The molecule has 0 N–H and O–H groups in total. The molecule has 68 valence electrons. The highest BCUT2D eigenvalue weighted by Crippen LogP contribution is 2.31. The summed E-state index contributed by atoms with van der Waals surface area (Å²) in [6.45, 7) is 2.25. The van der Waals surface area contributed by atoms with Crippen molar-refractivity contribution in [2.24, 2.45) is 0 Å². The average Bonchev–Trinajstić information content (AvgIpc) is 2.50. The molecule has 1 unspecified atom stereocenters. The standard InChI is InChI=1S/C12H13Br/c1-9-5-6-12-10(7-8-13)3-2-4-11(9)12/h2-6,9H,7-8H2,1H3. The first-order valence-electron chi connectivity index (χ1n) is 4.69. The normalized spacial score (nSPS) is 19.1. The van der Waals surface area contributed by atoms with Crippen LogP contribution in [0.2, 0.25) is 0 Å². The van der Waals surface area contributed by atoms with Gasteiger partial charge in [-0.1, -0.05) is 53.2 Å². The zero-order valence-electron chi connectivity index (χ0n) is 7.76. The number of hydrogen-bond acceptors (Lipinski definition) is 0. The summed E-state index contributed by atoms with van der Waals surface area (Å²) >= 11 is 3.49. The SMILES string of the molecule is CC1C=Cc2c(CCBr)cccc21. The number of allylic oxidation sites excluding steroid dienone is 1. The molecule has 0 fully saturated rings. The molecule has 1 atom stereocenters. The van der Waals surface area contributed by atoms with Crippen LogP contribution in [-0.2, 0) is 6.42 Å². The van der Waals surface area contributed by atoms with Crippen LogP contribution < -0.4 is 0 Å². The second kappa shape index (κ2) is 3.67. The third-order valence-electron chi connectivity index (χ3n) is 2.64. The Balaban J connectivity index is 2.44. The van der Waals surface area contributed by atoms with Gasteiger partial charge in [-0.3, -0.25) is 0 Å². The first kappa shape index (κ1) is 9.01. The molecule has 2 rings (SSSR count). The van der Waals surface area contributed by atoms with Gasteiger partial charge in [0.2, 0.25) is 0 Å². The number of alkyl halides is 1. The third kappa shape index (κ3) is 1.58. The number of aryl methyl sites for hydroxylation is 1. The van der Waals surface area contributed by atoms with Crippen molar-refractivity contribution in [2.45, 2.75) is 19.3 Å². The summed E-state index contributed by atoms with van der Waals surface area (Å²) in [6.07, 6.45) is 5.67. The molecule has 0 saturated heterocycles. The highest BCUT2D eigenvalue weighted by Gasteiger charge is 2.14. The molecule has 1 aromatic rings. The zero-order chi connectivity index (χ0) is 9.26. The second-order valence-corrected chi connectivity index (χ2v) is 4.30. The number of benzene rings is 1. The van der Waals surface area contributed by atoms with Gasteiger partial charge in [0.05, 0.1) is 0 Å². The van der Waals surface area contributed by atoms with Crippen LogP contribution in [0.25, 0.3) is 6.08 Å². The molecule has 0 amide bonds. The fraction of sp³-hybridized carbons (Fsp3) is 0.333. The van der Waals surface area contributed by atoms with Crippen LogP contribution in [0, 0.1) is 0 Å². The summed E-state index contributed by atoms with van der Waals surface area (Å²) in [5.41, 5.74) is 4.41. The van der Waals surface area contributed by atoms with Gasteiger partial charge in [-0.15, -0.1) is 0 Å². The molecular formula is C12H13Br. The third-order valence-corrected chi connectivity index (χ3v) is 3.03. The molecule has 0 nitrogen and oxygen atoms in total. The van der Waals surface area contributed by atoms with Gasteiger partial charge in [0, 0.05) is 5.33 Å². The van der Waals surface area contributed by atoms with Crippen molar-refractivity contribution in [1.82, 2.24) is 0 Å². The van der Waals surface area contributed by atoms with Crippen molar-refractivity contribution in [3.63, 3.8) is 0 Å². The largest absolute Gasteiger partial charge is 0.0924 e. The Labute approximate surface area is 87.8 Å². The van der Waals surface area contributed by atoms with Crippen LogP contribution in [0.1, 0.15) is 29.5 Å². The fourth-order valence-electron chi connectivity index (χ4n) is 1.90. The maximum Gasteiger partial charge on any atom is 0.00720 e. The molecule has 1 aliphatic rings. The van der Waals surface area contributed by atoms with Crippen molar-refractivity contribution in [1.29, 1.82) is 0 Å². The lowest BCUT2D eigenvalue weighted by Crippen LogP contribution is -1.94. The lowest BCUT2D eigenvalue weighted by Gasteiger charge is -2.08. The van der Waals surface area contributed by atoms with Gasteiger partial charge >= 0.3 is 0 Å². The Morgan fingerprint density at radius 2 is 2.23 bits per heavy atom. The quantitative estimate of drug-likeness (QED) is 0.687. The smallest absolute Gasteiger partial charge is 0.00720 e. The highest BCUT2D eigenvalue weighted by molar-refractivity contribution is 9.09. The van der Waals surface area contributed by atoms with Gasteiger partial charge in [-0.2, -0.15) is 0 Å². The second-order valence-electron chi connectivity index (χ2n) is 3.51. The van der Waals surface area contributed by atoms with E-state index in [0.717, 1.165) is 11.8 Å². The number of hydrogen-bond donors (Lipinski definition) is 0. The zero-order valence-corrected chi connectivity index (χ0v) is 9.34. The topological polar surface area (TPSA) is 0 Å². The van der Waals surface area contributed by atoms with Gasteiger partial charge in [-0.25, -0.2) is 0 Å². The lowest BCUT2D eigenvalue weighted by atomic mass is 9.98. The van der Waals surface area contributed by atoms with E-state index in [9.17, 15) is 0 Å². The minimum absolute atomic E-state index is 0.602. The molecule has 13 heavy (non-hydrogen) atoms. The highest BCUT2D eigenvalue weighted by atomic mass is 79.9. The molecule has 0 aromatic heterocycles. The van der Waals surface area contributed by atoms with Crippen LogP contribution >= 0.6 is 15.9 Å². The minimum atomic E-state index is 0.602. The molecule has 1 aliphatic carbocycles. The van der Waals surface area contributed by atoms with Gasteiger partial charge < -0.3 is 0 Å². The Morgan fingerprint density at radius 1 is 1.38 bits per heavy atom. The first-order chi connectivity index (χ1) is 6.33. The Bertz CT molecular complexity index is 339. The molecule has 0 saturated carbocycles. The molecule has 0 aliphatic heterocycles. The summed E-state index contributed by atoms with van der Waals surface area (Å²) in [4.78, 5) is 0. The maximum atomic E-state index is 3.49. The summed E-state index contributed by atoms with van der Waals surface area (Å²) in [6, 6.07) is 6.63. The van der Waals surface area contributed by atoms with Crippen molar-refractivity contribution in [3.8, 4) is 0 Å².